The fourth-order valence-electron chi connectivity index (χ4n) is 5.65. The number of hydrogen-bond donors (Lipinski definition) is 1. The van der Waals surface area contributed by atoms with Crippen molar-refractivity contribution in [2.45, 2.75) is 39.0 Å². The molecule has 5 rings (SSSR count). The molecule has 10 nitrogen and oxygen atoms in total. The first-order chi connectivity index (χ1) is 21.1. The maximum atomic E-state index is 14.1. The maximum Gasteiger partial charge on any atom is 0.292 e. The lowest BCUT2D eigenvalue weighted by molar-refractivity contribution is -0.116. The standard InChI is InChI=1S/C33H36FN5O5/c1-20-16-39(21(2)15-37(20)17-22-6-10-24(34)11-7-22)33(42)27-14-26-28(29(40)31(41)35-3)19-38(30(26)36-32(27)44-5)18-23-8-12-25(43-4)13-9-23/h6-14,19-21H,15-18H2,1-5H3,(H,35,41)/t20-,21+/m0/s1. The number of halogens is 1. The van der Waals surface area contributed by atoms with Gasteiger partial charge in [0.2, 0.25) is 5.88 Å². The van der Waals surface area contributed by atoms with Crippen LogP contribution in [0.25, 0.3) is 11.0 Å². The summed E-state index contributed by atoms with van der Waals surface area (Å²) in [5.41, 5.74) is 2.67. The third-order valence-corrected chi connectivity index (χ3v) is 8.10. The third-order valence-electron chi connectivity index (χ3n) is 8.10. The van der Waals surface area contributed by atoms with E-state index in [1.807, 2.05) is 38.1 Å². The average Bonchev–Trinajstić information content (AvgIpc) is 3.38. The Kier molecular flexibility index (Phi) is 8.96. The number of benzene rings is 2. The fraction of sp³-hybridized carbons (Fsp3) is 0.333. The number of nitrogens with zero attached hydrogens (tertiary/aromatic N) is 4. The van der Waals surface area contributed by atoms with Crippen molar-refractivity contribution >= 4 is 28.6 Å². The van der Waals surface area contributed by atoms with Gasteiger partial charge in [-0.2, -0.15) is 4.98 Å². The molecule has 0 bridgehead atoms. The van der Waals surface area contributed by atoms with Crippen LogP contribution in [0.15, 0.2) is 60.8 Å². The van der Waals surface area contributed by atoms with Crippen molar-refractivity contribution in [1.82, 2.24) is 24.7 Å². The van der Waals surface area contributed by atoms with Crippen molar-refractivity contribution < 1.29 is 28.2 Å². The van der Waals surface area contributed by atoms with E-state index in [0.29, 0.717) is 43.0 Å². The molecule has 1 aliphatic rings. The molecule has 1 N–H and O–H groups in total. The van der Waals surface area contributed by atoms with E-state index in [-0.39, 0.29) is 40.8 Å². The lowest BCUT2D eigenvalue weighted by atomic mass is 10.0. The Morgan fingerprint density at radius 3 is 2.20 bits per heavy atom. The summed E-state index contributed by atoms with van der Waals surface area (Å²) < 4.78 is 26.0. The van der Waals surface area contributed by atoms with Gasteiger partial charge in [-0.3, -0.25) is 19.3 Å². The predicted octanol–water partition coefficient (Wildman–Crippen LogP) is 3.90. The van der Waals surface area contributed by atoms with Gasteiger partial charge in [0.15, 0.2) is 0 Å². The minimum atomic E-state index is -0.767. The molecule has 0 aliphatic carbocycles. The first-order valence-corrected chi connectivity index (χ1v) is 14.4. The number of nitrogens with one attached hydrogen (secondary N) is 1. The van der Waals surface area contributed by atoms with Crippen molar-refractivity contribution in [3.63, 3.8) is 0 Å². The number of ether oxygens (including phenoxy) is 2. The van der Waals surface area contributed by atoms with Gasteiger partial charge in [-0.1, -0.05) is 24.3 Å². The number of hydrogen-bond acceptors (Lipinski definition) is 7. The molecular formula is C33H36FN5O5. The number of piperazine rings is 1. The highest BCUT2D eigenvalue weighted by Gasteiger charge is 2.35. The average molecular weight is 602 g/mol. The first-order valence-electron chi connectivity index (χ1n) is 14.4. The highest BCUT2D eigenvalue weighted by atomic mass is 19.1. The van der Waals surface area contributed by atoms with E-state index < -0.39 is 11.7 Å². The molecule has 2 aromatic heterocycles. The van der Waals surface area contributed by atoms with Crippen LogP contribution in [0, 0.1) is 5.82 Å². The summed E-state index contributed by atoms with van der Waals surface area (Å²) >= 11 is 0. The van der Waals surface area contributed by atoms with Gasteiger partial charge >= 0.3 is 0 Å². The number of likely N-dealkylation sites (N-methyl/N-ethyl adjacent to an activating group) is 1. The van der Waals surface area contributed by atoms with E-state index in [9.17, 15) is 18.8 Å². The summed E-state index contributed by atoms with van der Waals surface area (Å²) in [4.78, 5) is 48.4. The number of ketones is 1. The van der Waals surface area contributed by atoms with Gasteiger partial charge in [0, 0.05) is 56.9 Å². The van der Waals surface area contributed by atoms with E-state index in [0.717, 1.165) is 11.1 Å². The van der Waals surface area contributed by atoms with Crippen LogP contribution in [0.3, 0.4) is 0 Å². The summed E-state index contributed by atoms with van der Waals surface area (Å²) in [5.74, 6) is -1.21. The molecule has 230 valence electrons. The maximum absolute atomic E-state index is 14.1. The minimum absolute atomic E-state index is 0.0267. The number of pyridine rings is 1. The number of fused-ring (bicyclic) bond motifs is 1. The van der Waals surface area contributed by atoms with E-state index in [1.54, 1.807) is 41.0 Å². The van der Waals surface area contributed by atoms with E-state index >= 15 is 0 Å². The predicted molar refractivity (Wildman–Crippen MR) is 164 cm³/mol. The zero-order valence-corrected chi connectivity index (χ0v) is 25.5. The Bertz CT molecular complexity index is 1690. The van der Waals surface area contributed by atoms with Crippen LogP contribution in [0.2, 0.25) is 0 Å². The molecule has 4 aromatic rings. The van der Waals surface area contributed by atoms with E-state index in [1.165, 1.54) is 26.3 Å². The fourth-order valence-corrected chi connectivity index (χ4v) is 5.65. The van der Waals surface area contributed by atoms with Gasteiger partial charge < -0.3 is 24.3 Å². The molecule has 2 atom stereocenters. The minimum Gasteiger partial charge on any atom is -0.497 e. The summed E-state index contributed by atoms with van der Waals surface area (Å²) in [6.07, 6.45) is 1.59. The zero-order valence-electron chi connectivity index (χ0n) is 25.5. The third kappa shape index (κ3) is 6.14. The van der Waals surface area contributed by atoms with Crippen LogP contribution in [0.5, 0.6) is 11.6 Å². The van der Waals surface area contributed by atoms with Gasteiger partial charge in [-0.05, 0) is 55.3 Å². The van der Waals surface area contributed by atoms with E-state index in [4.69, 9.17) is 14.5 Å². The molecule has 44 heavy (non-hydrogen) atoms. The molecule has 2 aromatic carbocycles. The van der Waals surface area contributed by atoms with Gasteiger partial charge in [0.25, 0.3) is 17.6 Å². The molecule has 1 fully saturated rings. The molecule has 2 amide bonds. The van der Waals surface area contributed by atoms with Crippen LogP contribution in [0.1, 0.15) is 45.7 Å². The topological polar surface area (TPSA) is 106 Å². The molecule has 0 unspecified atom stereocenters. The van der Waals surface area contributed by atoms with Crippen molar-refractivity contribution in [2.24, 2.45) is 0 Å². The summed E-state index contributed by atoms with van der Waals surface area (Å²) in [7, 11) is 4.44. The van der Waals surface area contributed by atoms with Gasteiger partial charge in [-0.15, -0.1) is 0 Å². The Morgan fingerprint density at radius 2 is 1.57 bits per heavy atom. The quantitative estimate of drug-likeness (QED) is 0.229. The van der Waals surface area contributed by atoms with E-state index in [2.05, 4.69) is 10.2 Å². The molecule has 1 aliphatic heterocycles. The molecule has 3 heterocycles. The Morgan fingerprint density at radius 1 is 0.909 bits per heavy atom. The smallest absolute Gasteiger partial charge is 0.292 e. The highest BCUT2D eigenvalue weighted by molar-refractivity contribution is 6.44. The summed E-state index contributed by atoms with van der Waals surface area (Å²) in [5, 5.41) is 2.77. The number of carbonyl (C=O) groups is 3. The number of Topliss-reactive ketones (excluding diaryl/α,β-unsaturated/α-hetero) is 1. The molecule has 0 radical (unpaired) electrons. The number of rotatable bonds is 9. The zero-order chi connectivity index (χ0) is 31.5. The Labute approximate surface area is 255 Å². The molecule has 1 saturated heterocycles. The lowest BCUT2D eigenvalue weighted by Crippen LogP contribution is -2.57. The number of methoxy groups -OCH3 is 2. The second kappa shape index (κ2) is 12.8. The van der Waals surface area contributed by atoms with Gasteiger partial charge in [-0.25, -0.2) is 4.39 Å². The molecule has 11 heteroatoms. The SMILES string of the molecule is CNC(=O)C(=O)c1cn(Cc2ccc(OC)cc2)c2nc(OC)c(C(=O)N3C[C@H](C)N(Cc4ccc(F)cc4)C[C@H]3C)cc12. The van der Waals surface area contributed by atoms with Crippen LogP contribution < -0.4 is 14.8 Å². The normalized spacial score (nSPS) is 17.0. The number of carbonyl (C=O) groups excluding carboxylic acids is 3. The van der Waals surface area contributed by atoms with Crippen molar-refractivity contribution in [1.29, 1.82) is 0 Å². The monoisotopic (exact) mass is 601 g/mol. The van der Waals surface area contributed by atoms with Crippen molar-refractivity contribution in [3.8, 4) is 11.6 Å². The lowest BCUT2D eigenvalue weighted by Gasteiger charge is -2.44. The Hall–Kier alpha value is -4.77. The van der Waals surface area contributed by atoms with Crippen LogP contribution in [-0.2, 0) is 17.9 Å². The van der Waals surface area contributed by atoms with Crippen molar-refractivity contribution in [3.05, 3.63) is 88.9 Å². The largest absolute Gasteiger partial charge is 0.497 e. The number of aromatic nitrogens is 2. The second-order valence-electron chi connectivity index (χ2n) is 11.1. The van der Waals surface area contributed by atoms with Crippen LogP contribution in [0.4, 0.5) is 4.39 Å². The summed E-state index contributed by atoms with van der Waals surface area (Å²) in [6.45, 7) is 6.08. The number of amides is 2. The molecule has 0 saturated carbocycles. The Balaban J connectivity index is 1.48. The first kappa shape index (κ1) is 30.7. The molecule has 0 spiro atoms. The van der Waals surface area contributed by atoms with Gasteiger partial charge in [0.1, 0.15) is 22.8 Å². The second-order valence-corrected chi connectivity index (χ2v) is 11.1. The van der Waals surface area contributed by atoms with Crippen LogP contribution in [-0.4, -0.2) is 83.4 Å². The van der Waals surface area contributed by atoms with Gasteiger partial charge in [0.05, 0.1) is 19.8 Å². The van der Waals surface area contributed by atoms with Crippen molar-refractivity contribution in [2.75, 3.05) is 34.4 Å². The van der Waals surface area contributed by atoms with Crippen LogP contribution >= 0.6 is 0 Å². The highest BCUT2D eigenvalue weighted by Crippen LogP contribution is 2.30. The summed E-state index contributed by atoms with van der Waals surface area (Å²) in [6, 6.07) is 15.4. The molecular weight excluding hydrogens is 565 g/mol.